The summed E-state index contributed by atoms with van der Waals surface area (Å²) in [4.78, 5) is 15.5. The number of rotatable bonds is 2. The van der Waals surface area contributed by atoms with Crippen molar-refractivity contribution in [2.75, 3.05) is 7.11 Å². The van der Waals surface area contributed by atoms with E-state index in [1.54, 1.807) is 0 Å². The second kappa shape index (κ2) is 3.42. The molecule has 6 heteroatoms. The molecule has 0 unspecified atom stereocenters. The first-order valence-corrected chi connectivity index (χ1v) is 3.28. The average molecular weight is 169 g/mol. The summed E-state index contributed by atoms with van der Waals surface area (Å²) in [5.74, 6) is 0. The molecule has 1 rings (SSSR count). The van der Waals surface area contributed by atoms with Crippen molar-refractivity contribution < 1.29 is 14.9 Å². The Balaban J connectivity index is 3.14. The Labute approximate surface area is 68.9 Å². The maximum absolute atomic E-state index is 10.9. The summed E-state index contributed by atoms with van der Waals surface area (Å²) >= 11 is 0. The van der Waals surface area contributed by atoms with E-state index in [1.807, 2.05) is 0 Å². The van der Waals surface area contributed by atoms with Crippen LogP contribution in [-0.2, 0) is 0 Å². The zero-order valence-corrected chi connectivity index (χ0v) is 6.47. The van der Waals surface area contributed by atoms with Crippen molar-refractivity contribution >= 4 is 12.6 Å². The highest BCUT2D eigenvalue weighted by Gasteiger charge is 2.11. The summed E-state index contributed by atoms with van der Waals surface area (Å²) < 4.78 is 0.911. The molecule has 0 saturated carbocycles. The van der Waals surface area contributed by atoms with Gasteiger partial charge >= 0.3 is 7.12 Å². The normalized spacial score (nSPS) is 9.58. The van der Waals surface area contributed by atoms with Gasteiger partial charge in [0.15, 0.2) is 0 Å². The Morgan fingerprint density at radius 3 is 2.67 bits per heavy atom. The maximum Gasteiger partial charge on any atom is 0.490 e. The Bertz CT molecular complexity index is 322. The molecule has 1 heterocycles. The SMILES string of the molecule is COn1cc(B(O)O)ccc1=O. The standard InChI is InChI=1S/C6H8BNO4/c1-12-8-4-5(7(10)11)2-3-6(8)9/h2-4,10-11H,1H3. The molecule has 0 saturated heterocycles. The smallest absolute Gasteiger partial charge is 0.423 e. The largest absolute Gasteiger partial charge is 0.490 e. The molecule has 1 aromatic heterocycles. The maximum atomic E-state index is 10.9. The molecular weight excluding hydrogens is 161 g/mol. The molecule has 0 aliphatic carbocycles. The topological polar surface area (TPSA) is 71.7 Å². The van der Waals surface area contributed by atoms with Gasteiger partial charge in [-0.1, -0.05) is 6.07 Å². The lowest BCUT2D eigenvalue weighted by Crippen LogP contribution is -2.36. The predicted molar refractivity (Wildman–Crippen MR) is 43.0 cm³/mol. The zero-order valence-electron chi connectivity index (χ0n) is 6.47. The van der Waals surface area contributed by atoms with Crippen molar-refractivity contribution in [1.82, 2.24) is 4.73 Å². The molecule has 0 spiro atoms. The van der Waals surface area contributed by atoms with Gasteiger partial charge in [-0.25, -0.2) is 0 Å². The van der Waals surface area contributed by atoms with Crippen molar-refractivity contribution in [3.63, 3.8) is 0 Å². The molecular formula is C6H8BNO4. The van der Waals surface area contributed by atoms with E-state index in [9.17, 15) is 4.79 Å². The Kier molecular flexibility index (Phi) is 2.52. The van der Waals surface area contributed by atoms with E-state index in [4.69, 9.17) is 10.0 Å². The summed E-state index contributed by atoms with van der Waals surface area (Å²) in [5, 5.41) is 17.4. The Hall–Kier alpha value is -1.27. The molecule has 0 fully saturated rings. The highest BCUT2D eigenvalue weighted by Crippen LogP contribution is 1.77. The molecule has 1 aromatic rings. The van der Waals surface area contributed by atoms with Crippen LogP contribution < -0.4 is 15.9 Å². The fourth-order valence-electron chi connectivity index (χ4n) is 0.778. The first-order chi connectivity index (χ1) is 5.65. The van der Waals surface area contributed by atoms with Crippen LogP contribution >= 0.6 is 0 Å². The quantitative estimate of drug-likeness (QED) is 0.483. The van der Waals surface area contributed by atoms with Gasteiger partial charge in [-0.05, 0) is 0 Å². The van der Waals surface area contributed by atoms with Crippen molar-refractivity contribution in [3.8, 4) is 0 Å². The van der Waals surface area contributed by atoms with Gasteiger partial charge in [0.05, 0.1) is 0 Å². The fraction of sp³-hybridized carbons (Fsp3) is 0.167. The highest BCUT2D eigenvalue weighted by atomic mass is 16.6. The first-order valence-electron chi connectivity index (χ1n) is 3.28. The van der Waals surface area contributed by atoms with Gasteiger partial charge < -0.3 is 14.9 Å². The molecule has 12 heavy (non-hydrogen) atoms. The van der Waals surface area contributed by atoms with Gasteiger partial charge in [-0.3, -0.25) is 4.79 Å². The van der Waals surface area contributed by atoms with E-state index in [0.717, 1.165) is 4.73 Å². The van der Waals surface area contributed by atoms with Crippen LogP contribution in [0, 0.1) is 0 Å². The number of hydrogen-bond donors (Lipinski definition) is 2. The van der Waals surface area contributed by atoms with Crippen molar-refractivity contribution in [2.24, 2.45) is 0 Å². The molecule has 5 nitrogen and oxygen atoms in total. The van der Waals surface area contributed by atoms with Crippen LogP contribution in [0.3, 0.4) is 0 Å². The van der Waals surface area contributed by atoms with Gasteiger partial charge in [-0.15, -0.1) is 0 Å². The van der Waals surface area contributed by atoms with Crippen LogP contribution in [0.1, 0.15) is 0 Å². The third-order valence-electron chi connectivity index (χ3n) is 1.40. The lowest BCUT2D eigenvalue weighted by molar-refractivity contribution is 0.157. The molecule has 64 valence electrons. The van der Waals surface area contributed by atoms with Crippen LogP contribution in [-0.4, -0.2) is 29.0 Å². The predicted octanol–water partition coefficient (Wildman–Crippen LogP) is -2.41. The molecule has 0 radical (unpaired) electrons. The minimum absolute atomic E-state index is 0.205. The number of pyridine rings is 1. The van der Waals surface area contributed by atoms with Crippen molar-refractivity contribution in [3.05, 3.63) is 28.7 Å². The van der Waals surface area contributed by atoms with Gasteiger partial charge in [0.1, 0.15) is 7.11 Å². The second-order valence-corrected chi connectivity index (χ2v) is 2.18. The molecule has 0 amide bonds. The number of aromatic nitrogens is 1. The molecule has 0 aromatic carbocycles. The fourth-order valence-corrected chi connectivity index (χ4v) is 0.778. The lowest BCUT2D eigenvalue weighted by Gasteiger charge is -2.04. The summed E-state index contributed by atoms with van der Waals surface area (Å²) in [6.07, 6.45) is 1.22. The van der Waals surface area contributed by atoms with Crippen LogP contribution in [0.15, 0.2) is 23.1 Å². The minimum Gasteiger partial charge on any atom is -0.423 e. The molecule has 0 aliphatic rings. The van der Waals surface area contributed by atoms with Crippen molar-refractivity contribution in [1.29, 1.82) is 0 Å². The van der Waals surface area contributed by atoms with Gasteiger partial charge in [0.25, 0.3) is 5.56 Å². The van der Waals surface area contributed by atoms with E-state index < -0.39 is 7.12 Å². The van der Waals surface area contributed by atoms with E-state index in [2.05, 4.69) is 4.84 Å². The summed E-state index contributed by atoms with van der Waals surface area (Å²) in [6.45, 7) is 0. The Morgan fingerprint density at radius 1 is 1.50 bits per heavy atom. The first kappa shape index (κ1) is 8.83. The van der Waals surface area contributed by atoms with Gasteiger partial charge in [0, 0.05) is 17.7 Å². The van der Waals surface area contributed by atoms with Crippen LogP contribution in [0.4, 0.5) is 0 Å². The monoisotopic (exact) mass is 169 g/mol. The lowest BCUT2D eigenvalue weighted by atomic mass is 9.82. The summed E-state index contributed by atoms with van der Waals surface area (Å²) in [7, 11) is -0.276. The second-order valence-electron chi connectivity index (χ2n) is 2.18. The third-order valence-corrected chi connectivity index (χ3v) is 1.40. The summed E-state index contributed by atoms with van der Waals surface area (Å²) in [6, 6.07) is 2.51. The van der Waals surface area contributed by atoms with Crippen LogP contribution in [0.2, 0.25) is 0 Å². The average Bonchev–Trinajstić information content (AvgIpc) is 2.05. The summed E-state index contributed by atoms with van der Waals surface area (Å²) in [5.41, 5.74) is -0.154. The Morgan fingerprint density at radius 2 is 2.17 bits per heavy atom. The molecule has 0 aliphatic heterocycles. The van der Waals surface area contributed by atoms with E-state index in [1.165, 1.54) is 25.4 Å². The molecule has 2 N–H and O–H groups in total. The number of nitrogens with zero attached hydrogens (tertiary/aromatic N) is 1. The molecule has 0 bridgehead atoms. The van der Waals surface area contributed by atoms with Gasteiger partial charge in [0.2, 0.25) is 0 Å². The van der Waals surface area contributed by atoms with Crippen LogP contribution in [0.5, 0.6) is 0 Å². The molecule has 0 atom stereocenters. The number of hydrogen-bond acceptors (Lipinski definition) is 4. The zero-order chi connectivity index (χ0) is 9.14. The van der Waals surface area contributed by atoms with Crippen molar-refractivity contribution in [2.45, 2.75) is 0 Å². The third kappa shape index (κ3) is 1.66. The van der Waals surface area contributed by atoms with Crippen LogP contribution in [0.25, 0.3) is 0 Å². The van der Waals surface area contributed by atoms with E-state index >= 15 is 0 Å². The minimum atomic E-state index is -1.59. The van der Waals surface area contributed by atoms with E-state index in [-0.39, 0.29) is 11.0 Å². The highest BCUT2D eigenvalue weighted by molar-refractivity contribution is 6.58. The van der Waals surface area contributed by atoms with E-state index in [0.29, 0.717) is 0 Å². The van der Waals surface area contributed by atoms with Gasteiger partial charge in [-0.2, -0.15) is 4.73 Å².